The minimum Gasteiger partial charge on any atom is -0.373 e. The number of aromatic amines is 1. The molecule has 0 unspecified atom stereocenters. The van der Waals surface area contributed by atoms with E-state index in [1.165, 1.54) is 30.8 Å². The largest absolute Gasteiger partial charge is 0.373 e. The van der Waals surface area contributed by atoms with Crippen molar-refractivity contribution in [3.63, 3.8) is 0 Å². The monoisotopic (exact) mass is 512 g/mol. The third-order valence-electron chi connectivity index (χ3n) is 6.22. The van der Waals surface area contributed by atoms with Gasteiger partial charge in [-0.25, -0.2) is 19.1 Å². The maximum atomic E-state index is 13.4. The first-order valence-electron chi connectivity index (χ1n) is 11.8. The summed E-state index contributed by atoms with van der Waals surface area (Å²) in [6.07, 6.45) is 3.61. The van der Waals surface area contributed by atoms with Crippen molar-refractivity contribution in [2.45, 2.75) is 39.3 Å². The summed E-state index contributed by atoms with van der Waals surface area (Å²) < 4.78 is 2.29. The molecule has 1 aromatic heterocycles. The summed E-state index contributed by atoms with van der Waals surface area (Å²) in [5.41, 5.74) is 1.28. The highest BCUT2D eigenvalue weighted by molar-refractivity contribution is 6.30. The van der Waals surface area contributed by atoms with E-state index in [4.69, 9.17) is 17.5 Å². The standard InChI is InChI=1S/C25H29ClN6O4/c1-17(22(33)36-27)15-32-24(34)29-23(31(25(32)35)16-18-5-7-19(26)8-6-18)28-20-9-11-21(12-10-20)30-13-3-2-4-14-30/h5-12,17H,2-4,13-16,27H2,1H3,(H,28,29,34)/t17-/m0/s1. The van der Waals surface area contributed by atoms with Gasteiger partial charge in [-0.15, -0.1) is 0 Å². The van der Waals surface area contributed by atoms with E-state index in [1.54, 1.807) is 24.3 Å². The highest BCUT2D eigenvalue weighted by Gasteiger charge is 2.19. The van der Waals surface area contributed by atoms with Gasteiger partial charge >= 0.3 is 17.3 Å². The lowest BCUT2D eigenvalue weighted by atomic mass is 10.1. The zero-order chi connectivity index (χ0) is 25.7. The van der Waals surface area contributed by atoms with Crippen LogP contribution in [-0.4, -0.2) is 33.2 Å². The maximum absolute atomic E-state index is 13.4. The van der Waals surface area contributed by atoms with Gasteiger partial charge in [-0.2, -0.15) is 5.90 Å². The second kappa shape index (κ2) is 11.4. The number of benzene rings is 2. The fourth-order valence-electron chi connectivity index (χ4n) is 4.19. The highest BCUT2D eigenvalue weighted by atomic mass is 35.5. The molecule has 10 nitrogen and oxygen atoms in total. The van der Waals surface area contributed by atoms with E-state index in [9.17, 15) is 14.4 Å². The van der Waals surface area contributed by atoms with Crippen molar-refractivity contribution in [3.8, 4) is 0 Å². The number of halogens is 1. The van der Waals surface area contributed by atoms with Crippen LogP contribution >= 0.6 is 11.6 Å². The number of aromatic nitrogens is 3. The third-order valence-corrected chi connectivity index (χ3v) is 6.47. The minimum atomic E-state index is -0.803. The van der Waals surface area contributed by atoms with E-state index in [0.29, 0.717) is 10.7 Å². The lowest BCUT2D eigenvalue weighted by molar-refractivity contribution is -0.149. The molecule has 3 N–H and O–H groups in total. The van der Waals surface area contributed by atoms with Gasteiger partial charge in [0.1, 0.15) is 0 Å². The average Bonchev–Trinajstić information content (AvgIpc) is 2.90. The third kappa shape index (κ3) is 5.95. The van der Waals surface area contributed by atoms with Crippen LogP contribution < -0.4 is 27.8 Å². The quantitative estimate of drug-likeness (QED) is 0.467. The first-order chi connectivity index (χ1) is 17.4. The molecule has 0 aliphatic carbocycles. The van der Waals surface area contributed by atoms with Gasteiger partial charge < -0.3 is 9.74 Å². The van der Waals surface area contributed by atoms with Gasteiger partial charge in [-0.1, -0.05) is 30.7 Å². The number of carbonyl (C=O) groups excluding carboxylic acids is 1. The summed E-state index contributed by atoms with van der Waals surface area (Å²) in [7, 11) is 0. The van der Waals surface area contributed by atoms with Crippen LogP contribution in [0.5, 0.6) is 0 Å². The van der Waals surface area contributed by atoms with Gasteiger partial charge in [0.25, 0.3) is 0 Å². The molecule has 0 bridgehead atoms. The molecular formula is C25H29ClN6O4. The molecule has 3 aromatic rings. The van der Waals surface area contributed by atoms with E-state index in [-0.39, 0.29) is 18.7 Å². The molecule has 2 aromatic carbocycles. The Labute approximate surface area is 212 Å². The average molecular weight is 513 g/mol. The number of nitrogens with two attached hydrogens (primary N) is 1. The molecule has 1 saturated heterocycles. The summed E-state index contributed by atoms with van der Waals surface area (Å²) in [6.45, 7) is 3.51. The summed E-state index contributed by atoms with van der Waals surface area (Å²) in [5.74, 6) is 3.43. The topological polar surface area (TPSA) is 128 Å². The summed E-state index contributed by atoms with van der Waals surface area (Å²) >= 11 is 6.00. The summed E-state index contributed by atoms with van der Waals surface area (Å²) in [6, 6.07) is 14.7. The van der Waals surface area contributed by atoms with E-state index in [0.717, 1.165) is 28.9 Å². The molecule has 4 rings (SSSR count). The molecule has 36 heavy (non-hydrogen) atoms. The Morgan fingerprint density at radius 2 is 1.72 bits per heavy atom. The van der Waals surface area contributed by atoms with Gasteiger partial charge in [0, 0.05) is 30.3 Å². The van der Waals surface area contributed by atoms with Gasteiger partial charge in [0.2, 0.25) is 5.62 Å². The van der Waals surface area contributed by atoms with Crippen LogP contribution in [0.3, 0.4) is 0 Å². The number of hydrogen-bond donors (Lipinski definition) is 2. The number of carbonyl (C=O) groups is 1. The van der Waals surface area contributed by atoms with Gasteiger partial charge in [0.15, 0.2) is 0 Å². The van der Waals surface area contributed by atoms with Crippen LogP contribution in [-0.2, 0) is 22.7 Å². The van der Waals surface area contributed by atoms with Gasteiger partial charge in [-0.3, -0.25) is 14.3 Å². The number of anilines is 1. The molecule has 190 valence electrons. The van der Waals surface area contributed by atoms with Crippen molar-refractivity contribution in [3.05, 3.63) is 85.7 Å². The molecule has 0 amide bonds. The molecule has 1 fully saturated rings. The van der Waals surface area contributed by atoms with Crippen LogP contribution in [0, 0.1) is 5.92 Å². The number of piperidine rings is 1. The molecule has 1 aliphatic rings. The number of rotatable bonds is 7. The Bertz CT molecular complexity index is 1390. The normalized spacial score (nSPS) is 15.1. The smallest absolute Gasteiger partial charge is 0.335 e. The van der Waals surface area contributed by atoms with Crippen molar-refractivity contribution >= 4 is 28.9 Å². The predicted octanol–water partition coefficient (Wildman–Crippen LogP) is 2.32. The van der Waals surface area contributed by atoms with Crippen LogP contribution in [0.15, 0.2) is 63.1 Å². The minimum absolute atomic E-state index is 0.0935. The van der Waals surface area contributed by atoms with Gasteiger partial charge in [0.05, 0.1) is 18.2 Å². The van der Waals surface area contributed by atoms with Crippen LogP contribution in [0.1, 0.15) is 31.7 Å². The Hall–Kier alpha value is -3.63. The zero-order valence-corrected chi connectivity index (χ0v) is 20.8. The lowest BCUT2D eigenvalue weighted by Crippen LogP contribution is -2.51. The zero-order valence-electron chi connectivity index (χ0n) is 20.0. The van der Waals surface area contributed by atoms with Crippen LogP contribution in [0.25, 0.3) is 0 Å². The number of nitrogens with one attached hydrogen (secondary N) is 1. The molecule has 0 radical (unpaired) electrons. The molecule has 11 heteroatoms. The fraction of sp³-hybridized carbons (Fsp3) is 0.360. The number of nitrogens with zero attached hydrogens (tertiary/aromatic N) is 4. The first-order valence-corrected chi connectivity index (χ1v) is 12.2. The van der Waals surface area contributed by atoms with Crippen molar-refractivity contribution < 1.29 is 9.63 Å². The first kappa shape index (κ1) is 25.5. The maximum Gasteiger partial charge on any atom is 0.335 e. The SMILES string of the molecule is C[C@@H](Cn1c(=O)[nH]/c(=N\c2ccc(N3CCCCC3)cc2)n(Cc2ccc(Cl)cc2)c1=O)C(=O)ON. The van der Waals surface area contributed by atoms with E-state index in [2.05, 4.69) is 19.7 Å². The van der Waals surface area contributed by atoms with Crippen molar-refractivity contribution in [1.29, 1.82) is 0 Å². The van der Waals surface area contributed by atoms with Crippen LogP contribution in [0.4, 0.5) is 11.4 Å². The lowest BCUT2D eigenvalue weighted by Gasteiger charge is -2.28. The predicted molar refractivity (Wildman–Crippen MR) is 137 cm³/mol. The Morgan fingerprint density at radius 1 is 1.06 bits per heavy atom. The van der Waals surface area contributed by atoms with Gasteiger partial charge in [-0.05, 0) is 61.2 Å². The van der Waals surface area contributed by atoms with Crippen LogP contribution in [0.2, 0.25) is 5.02 Å². The summed E-state index contributed by atoms with van der Waals surface area (Å²) in [5, 5.41) is 0.565. The van der Waals surface area contributed by atoms with E-state index in [1.807, 2.05) is 24.3 Å². The Morgan fingerprint density at radius 3 is 2.36 bits per heavy atom. The second-order valence-corrected chi connectivity index (χ2v) is 9.31. The van der Waals surface area contributed by atoms with Crippen molar-refractivity contribution in [1.82, 2.24) is 14.1 Å². The number of hydrogen-bond acceptors (Lipinski definition) is 7. The van der Waals surface area contributed by atoms with E-state index >= 15 is 0 Å². The Kier molecular flexibility index (Phi) is 8.07. The molecule has 2 heterocycles. The second-order valence-electron chi connectivity index (χ2n) is 8.87. The highest BCUT2D eigenvalue weighted by Crippen LogP contribution is 2.22. The van der Waals surface area contributed by atoms with E-state index < -0.39 is 23.3 Å². The van der Waals surface area contributed by atoms with Crippen molar-refractivity contribution in [2.24, 2.45) is 16.8 Å². The Balaban J connectivity index is 1.75. The molecule has 0 spiro atoms. The number of H-pyrrole nitrogens is 1. The molecule has 0 saturated carbocycles. The molecule has 1 atom stereocenters. The van der Waals surface area contributed by atoms with Crippen molar-refractivity contribution in [2.75, 3.05) is 18.0 Å². The molecule has 1 aliphatic heterocycles. The fourth-order valence-corrected chi connectivity index (χ4v) is 4.32. The summed E-state index contributed by atoms with van der Waals surface area (Å²) in [4.78, 5) is 51.9. The molecular weight excluding hydrogens is 484 g/mol.